The Bertz CT molecular complexity index is 871. The van der Waals surface area contributed by atoms with Crippen LogP contribution in [0.25, 0.3) is 0 Å². The van der Waals surface area contributed by atoms with Crippen LogP contribution in [0.5, 0.6) is 0 Å². The molecule has 2 fully saturated rings. The van der Waals surface area contributed by atoms with E-state index in [-0.39, 0.29) is 5.57 Å². The Hall–Kier alpha value is -2.45. The van der Waals surface area contributed by atoms with E-state index in [1.807, 2.05) is 26.0 Å². The highest BCUT2D eigenvalue weighted by molar-refractivity contribution is 5.91. The summed E-state index contributed by atoms with van der Waals surface area (Å²) in [5.41, 5.74) is 1.01. The van der Waals surface area contributed by atoms with Crippen LogP contribution in [0.4, 0.5) is 0 Å². The van der Waals surface area contributed by atoms with Gasteiger partial charge in [0.2, 0.25) is 0 Å². The number of ether oxygens (including phenoxy) is 4. The number of aliphatic hydroxyl groups excluding tert-OH is 1. The molecule has 2 saturated heterocycles. The first kappa shape index (κ1) is 24.2. The van der Waals surface area contributed by atoms with Crippen molar-refractivity contribution < 1.29 is 38.4 Å². The van der Waals surface area contributed by atoms with Crippen molar-refractivity contribution >= 4 is 17.9 Å². The lowest BCUT2D eigenvalue weighted by Crippen LogP contribution is -2.40. The van der Waals surface area contributed by atoms with Gasteiger partial charge in [0, 0.05) is 32.3 Å². The van der Waals surface area contributed by atoms with Crippen molar-refractivity contribution in [2.75, 3.05) is 0 Å². The van der Waals surface area contributed by atoms with Crippen molar-refractivity contribution in [1.82, 2.24) is 0 Å². The summed E-state index contributed by atoms with van der Waals surface area (Å²) in [6.07, 6.45) is 1.52. The molecular weight excluding hydrogens is 416 g/mol. The van der Waals surface area contributed by atoms with E-state index in [1.54, 1.807) is 6.92 Å². The Morgan fingerprint density at radius 1 is 1.16 bits per heavy atom. The smallest absolute Gasteiger partial charge is 0.334 e. The second-order valence-electron chi connectivity index (χ2n) is 9.08. The molecule has 1 N–H and O–H groups in total. The average molecular weight is 449 g/mol. The second kappa shape index (κ2) is 9.19. The highest BCUT2D eigenvalue weighted by atomic mass is 16.7. The zero-order valence-electron chi connectivity index (χ0n) is 19.3. The maximum absolute atomic E-state index is 12.3. The molecule has 0 aromatic rings. The summed E-state index contributed by atoms with van der Waals surface area (Å²) < 4.78 is 22.6. The summed E-state index contributed by atoms with van der Waals surface area (Å²) in [6.45, 7) is 12.0. The van der Waals surface area contributed by atoms with Crippen molar-refractivity contribution in [3.05, 3.63) is 35.5 Å². The molecule has 0 amide bonds. The lowest BCUT2D eigenvalue weighted by molar-refractivity contribution is -0.149. The summed E-state index contributed by atoms with van der Waals surface area (Å²) in [4.78, 5) is 35.7. The molecule has 32 heavy (non-hydrogen) atoms. The van der Waals surface area contributed by atoms with E-state index < -0.39 is 59.9 Å². The quantitative estimate of drug-likeness (QED) is 0.226. The molecule has 8 heteroatoms. The first-order valence-corrected chi connectivity index (χ1v) is 10.9. The van der Waals surface area contributed by atoms with Crippen molar-refractivity contribution in [2.45, 2.75) is 90.0 Å². The second-order valence-corrected chi connectivity index (χ2v) is 9.08. The fraction of sp³-hybridized carbons (Fsp3) is 0.625. The van der Waals surface area contributed by atoms with Gasteiger partial charge in [-0.15, -0.1) is 0 Å². The van der Waals surface area contributed by atoms with Gasteiger partial charge in [0.15, 0.2) is 0 Å². The van der Waals surface area contributed by atoms with Crippen LogP contribution in [0.3, 0.4) is 0 Å². The van der Waals surface area contributed by atoms with Crippen molar-refractivity contribution in [1.29, 1.82) is 0 Å². The van der Waals surface area contributed by atoms with Crippen LogP contribution in [0.2, 0.25) is 0 Å². The third kappa shape index (κ3) is 4.96. The van der Waals surface area contributed by atoms with Crippen LogP contribution in [0.1, 0.15) is 53.9 Å². The van der Waals surface area contributed by atoms with Crippen LogP contribution in [-0.2, 0) is 33.3 Å². The van der Waals surface area contributed by atoms with E-state index >= 15 is 0 Å². The number of hydrogen-bond acceptors (Lipinski definition) is 8. The standard InChI is InChI=1S/C24H32O8/c1-12-7-9-18(29-15(4)25)13(2)8-10-19(30-16(5)26)24(6)22(32-24)21-20(17(27)11-12)14(3)23(28)31-21/h7-8,17-22,27H,3,9-11H2,1-2,4-6H3. The number of carbonyl (C=O) groups excluding carboxylic acids is 3. The maximum atomic E-state index is 12.3. The van der Waals surface area contributed by atoms with Crippen molar-refractivity contribution in [2.24, 2.45) is 5.92 Å². The van der Waals surface area contributed by atoms with Crippen molar-refractivity contribution in [3.8, 4) is 0 Å². The number of fused-ring (bicyclic) bond motifs is 3. The van der Waals surface area contributed by atoms with Gasteiger partial charge in [0.1, 0.15) is 30.0 Å². The van der Waals surface area contributed by atoms with E-state index in [4.69, 9.17) is 18.9 Å². The van der Waals surface area contributed by atoms with Gasteiger partial charge in [-0.1, -0.05) is 24.3 Å². The van der Waals surface area contributed by atoms with Gasteiger partial charge in [-0.2, -0.15) is 0 Å². The topological polar surface area (TPSA) is 112 Å². The third-order valence-corrected chi connectivity index (χ3v) is 6.49. The minimum Gasteiger partial charge on any atom is -0.459 e. The summed E-state index contributed by atoms with van der Waals surface area (Å²) in [5, 5.41) is 11.0. The maximum Gasteiger partial charge on any atom is 0.334 e. The molecule has 8 nitrogen and oxygen atoms in total. The molecular formula is C24H32O8. The fourth-order valence-corrected chi connectivity index (χ4v) is 4.60. The predicted octanol–water partition coefficient (Wildman–Crippen LogP) is 2.54. The molecule has 3 aliphatic rings. The summed E-state index contributed by atoms with van der Waals surface area (Å²) >= 11 is 0. The minimum atomic E-state index is -0.914. The molecule has 7 atom stereocenters. The Labute approximate surface area is 188 Å². The molecule has 0 bridgehead atoms. The molecule has 0 aromatic heterocycles. The van der Waals surface area contributed by atoms with Gasteiger partial charge in [-0.25, -0.2) is 4.79 Å². The van der Waals surface area contributed by atoms with Crippen LogP contribution in [0.15, 0.2) is 35.5 Å². The predicted molar refractivity (Wildman–Crippen MR) is 114 cm³/mol. The Kier molecular flexibility index (Phi) is 6.95. The molecule has 176 valence electrons. The summed E-state index contributed by atoms with van der Waals surface area (Å²) in [7, 11) is 0. The summed E-state index contributed by atoms with van der Waals surface area (Å²) in [6, 6.07) is 0. The van der Waals surface area contributed by atoms with Crippen LogP contribution in [-0.4, -0.2) is 59.1 Å². The number of epoxide rings is 1. The minimum absolute atomic E-state index is 0.206. The van der Waals surface area contributed by atoms with Crippen LogP contribution < -0.4 is 0 Å². The Balaban J connectivity index is 1.99. The van der Waals surface area contributed by atoms with Gasteiger partial charge in [0.05, 0.1) is 12.0 Å². The van der Waals surface area contributed by atoms with Gasteiger partial charge in [-0.3, -0.25) is 9.59 Å². The van der Waals surface area contributed by atoms with Gasteiger partial charge in [-0.05, 0) is 32.8 Å². The number of esters is 3. The molecule has 3 rings (SSSR count). The fourth-order valence-electron chi connectivity index (χ4n) is 4.60. The van der Waals surface area contributed by atoms with E-state index in [9.17, 15) is 19.5 Å². The highest BCUT2D eigenvalue weighted by Gasteiger charge is 2.67. The average Bonchev–Trinajstić information content (AvgIpc) is 3.29. The molecule has 0 spiro atoms. The third-order valence-electron chi connectivity index (χ3n) is 6.49. The molecule has 0 radical (unpaired) electrons. The first-order chi connectivity index (χ1) is 14.9. The van der Waals surface area contributed by atoms with Gasteiger partial charge >= 0.3 is 17.9 Å². The number of hydrogen-bond donors (Lipinski definition) is 1. The van der Waals surface area contributed by atoms with E-state index in [1.165, 1.54) is 13.8 Å². The van der Waals surface area contributed by atoms with E-state index in [0.717, 1.165) is 11.1 Å². The first-order valence-electron chi connectivity index (χ1n) is 10.9. The zero-order valence-corrected chi connectivity index (χ0v) is 19.3. The molecule has 2 aliphatic heterocycles. The lowest BCUT2D eigenvalue weighted by Gasteiger charge is -2.26. The van der Waals surface area contributed by atoms with Crippen molar-refractivity contribution in [3.63, 3.8) is 0 Å². The summed E-state index contributed by atoms with van der Waals surface area (Å²) in [5.74, 6) is -2.06. The van der Waals surface area contributed by atoms with E-state index in [0.29, 0.717) is 19.3 Å². The lowest BCUT2D eigenvalue weighted by atomic mass is 9.82. The zero-order chi connectivity index (χ0) is 23.8. The number of rotatable bonds is 2. The largest absolute Gasteiger partial charge is 0.459 e. The number of carbonyl (C=O) groups is 3. The Morgan fingerprint density at radius 2 is 1.81 bits per heavy atom. The molecule has 0 aromatic carbocycles. The van der Waals surface area contributed by atoms with E-state index in [2.05, 4.69) is 6.58 Å². The highest BCUT2D eigenvalue weighted by Crippen LogP contribution is 2.50. The molecule has 7 unspecified atom stereocenters. The Morgan fingerprint density at radius 3 is 2.44 bits per heavy atom. The van der Waals surface area contributed by atoms with Crippen LogP contribution in [0, 0.1) is 5.92 Å². The SMILES string of the molecule is C=C1C(=O)OC2C1C(O)CC(C)=CCC(OC(C)=O)C(C)=CCC(OC(C)=O)C1(C)OC21. The molecule has 1 aliphatic carbocycles. The molecule has 0 saturated carbocycles. The van der Waals surface area contributed by atoms with Gasteiger partial charge in [0.25, 0.3) is 0 Å². The molecule has 2 heterocycles. The van der Waals surface area contributed by atoms with Crippen LogP contribution >= 0.6 is 0 Å². The monoisotopic (exact) mass is 448 g/mol. The van der Waals surface area contributed by atoms with Gasteiger partial charge < -0.3 is 24.1 Å². The normalized spacial score (nSPS) is 37.7. The number of aliphatic hydroxyl groups is 1.